The second kappa shape index (κ2) is 10.7. The van der Waals surface area contributed by atoms with Gasteiger partial charge in [-0.3, -0.25) is 4.99 Å². The van der Waals surface area contributed by atoms with Crippen molar-refractivity contribution in [2.24, 2.45) is 4.99 Å². The number of aromatic nitrogens is 1. The molecule has 0 aliphatic heterocycles. The molecule has 1 aromatic carbocycles. The van der Waals surface area contributed by atoms with Gasteiger partial charge in [-0.25, -0.2) is 0 Å². The normalized spacial score (nSPS) is 12.0. The Morgan fingerprint density at radius 1 is 1.13 bits per heavy atom. The number of nitrogens with zero attached hydrogens (tertiary/aromatic N) is 2. The zero-order chi connectivity index (χ0) is 22.1. The molecule has 0 bridgehead atoms. The molecule has 0 amide bonds. The Morgan fingerprint density at radius 2 is 1.87 bits per heavy atom. The third-order valence-corrected chi connectivity index (χ3v) is 4.34. The number of aryl methyl sites for hydroxylation is 2. The van der Waals surface area contributed by atoms with Gasteiger partial charge in [-0.1, -0.05) is 25.1 Å². The van der Waals surface area contributed by atoms with Crippen LogP contribution in [0.3, 0.4) is 0 Å². The van der Waals surface area contributed by atoms with Crippen molar-refractivity contribution in [3.63, 3.8) is 0 Å². The fourth-order valence-electron chi connectivity index (χ4n) is 2.82. The molecule has 2 aromatic rings. The summed E-state index contributed by atoms with van der Waals surface area (Å²) in [4.78, 5) is 4.19. The topological polar surface area (TPSA) is 80.9 Å². The molecule has 166 valence electrons. The molecule has 0 aliphatic carbocycles. The van der Waals surface area contributed by atoms with Gasteiger partial charge in [0.25, 0.3) is 0 Å². The zero-order valence-corrected chi connectivity index (χ0v) is 17.5. The number of alkyl halides is 3. The number of rotatable bonds is 9. The van der Waals surface area contributed by atoms with Gasteiger partial charge < -0.3 is 24.6 Å². The molecule has 0 spiro atoms. The Kier molecular flexibility index (Phi) is 8.37. The number of hydrogen-bond donors (Lipinski definition) is 2. The molecule has 0 radical (unpaired) electrons. The van der Waals surface area contributed by atoms with Gasteiger partial charge in [0.05, 0.1) is 12.8 Å². The second-order valence-electron chi connectivity index (χ2n) is 6.41. The lowest BCUT2D eigenvalue weighted by Crippen LogP contribution is -2.36. The fourth-order valence-corrected chi connectivity index (χ4v) is 2.82. The summed E-state index contributed by atoms with van der Waals surface area (Å²) in [6, 6.07) is 4.74. The lowest BCUT2D eigenvalue weighted by Gasteiger charge is -2.15. The molecule has 0 atom stereocenters. The van der Waals surface area contributed by atoms with Crippen LogP contribution in [0.4, 0.5) is 13.2 Å². The number of nitrogens with one attached hydrogen (secondary N) is 2. The second-order valence-corrected chi connectivity index (χ2v) is 6.41. The summed E-state index contributed by atoms with van der Waals surface area (Å²) in [5, 5.41) is 10.5. The Morgan fingerprint density at radius 3 is 2.47 bits per heavy atom. The number of methoxy groups -OCH3 is 1. The predicted molar refractivity (Wildman–Crippen MR) is 107 cm³/mol. The number of guanidine groups is 1. The van der Waals surface area contributed by atoms with E-state index in [9.17, 15) is 13.2 Å². The molecule has 0 fully saturated rings. The smallest absolute Gasteiger partial charge is 0.422 e. The van der Waals surface area contributed by atoms with Gasteiger partial charge in [0.2, 0.25) is 0 Å². The van der Waals surface area contributed by atoms with E-state index in [-0.39, 0.29) is 11.5 Å². The standard InChI is InChI=1S/C20H27F3N4O3/c1-5-15-14(16(6-2)30-27-15)11-26-19(24-3)25-10-13-7-8-17(18(9-13)28-4)29-12-20(21,22)23/h7-9H,5-6,10-12H2,1-4H3,(H2,24,25,26). The van der Waals surface area contributed by atoms with Gasteiger partial charge in [0.1, 0.15) is 5.76 Å². The number of ether oxygens (including phenoxy) is 2. The molecule has 1 aromatic heterocycles. The van der Waals surface area contributed by atoms with Gasteiger partial charge in [0, 0.05) is 32.1 Å². The number of hydrogen-bond acceptors (Lipinski definition) is 5. The summed E-state index contributed by atoms with van der Waals surface area (Å²) in [5.41, 5.74) is 2.73. The molecule has 0 aliphatic rings. The summed E-state index contributed by atoms with van der Waals surface area (Å²) in [7, 11) is 3.03. The number of aliphatic imine (C=N–C) groups is 1. The number of benzene rings is 1. The van der Waals surface area contributed by atoms with E-state index < -0.39 is 12.8 Å². The maximum atomic E-state index is 12.4. The lowest BCUT2D eigenvalue weighted by molar-refractivity contribution is -0.153. The summed E-state index contributed by atoms with van der Waals surface area (Å²) in [6.07, 6.45) is -2.89. The molecule has 0 unspecified atom stereocenters. The zero-order valence-electron chi connectivity index (χ0n) is 17.5. The van der Waals surface area contributed by atoms with Crippen LogP contribution in [0.2, 0.25) is 0 Å². The first kappa shape index (κ1) is 23.4. The van der Waals surface area contributed by atoms with Crippen molar-refractivity contribution in [1.82, 2.24) is 15.8 Å². The maximum absolute atomic E-state index is 12.4. The molecule has 2 N–H and O–H groups in total. The van der Waals surface area contributed by atoms with Crippen molar-refractivity contribution >= 4 is 5.96 Å². The van der Waals surface area contributed by atoms with Crippen molar-refractivity contribution in [2.45, 2.75) is 46.0 Å². The van der Waals surface area contributed by atoms with Crippen molar-refractivity contribution in [2.75, 3.05) is 20.8 Å². The maximum Gasteiger partial charge on any atom is 0.422 e. The van der Waals surface area contributed by atoms with E-state index in [0.717, 1.165) is 35.4 Å². The van der Waals surface area contributed by atoms with Crippen LogP contribution in [0.25, 0.3) is 0 Å². The molecule has 1 heterocycles. The van der Waals surface area contributed by atoms with Crippen molar-refractivity contribution < 1.29 is 27.2 Å². The minimum absolute atomic E-state index is 0.0349. The Bertz CT molecular complexity index is 829. The first-order chi connectivity index (χ1) is 14.3. The fraction of sp³-hybridized carbons (Fsp3) is 0.500. The first-order valence-electron chi connectivity index (χ1n) is 9.58. The summed E-state index contributed by atoms with van der Waals surface area (Å²) in [6.45, 7) is 3.55. The SMILES string of the molecule is CCc1noc(CC)c1CNC(=NC)NCc1ccc(OCC(F)(F)F)c(OC)c1. The van der Waals surface area contributed by atoms with Crippen LogP contribution >= 0.6 is 0 Å². The number of halogens is 3. The van der Waals surface area contributed by atoms with E-state index in [4.69, 9.17) is 14.0 Å². The Balaban J connectivity index is 1.97. The third-order valence-electron chi connectivity index (χ3n) is 4.34. The van der Waals surface area contributed by atoms with Crippen molar-refractivity contribution in [1.29, 1.82) is 0 Å². The summed E-state index contributed by atoms with van der Waals surface area (Å²) >= 11 is 0. The summed E-state index contributed by atoms with van der Waals surface area (Å²) in [5.74, 6) is 1.67. The van der Waals surface area contributed by atoms with Crippen LogP contribution in [-0.2, 0) is 25.9 Å². The molecular weight excluding hydrogens is 401 g/mol. The van der Waals surface area contributed by atoms with Gasteiger partial charge in [0.15, 0.2) is 24.1 Å². The average molecular weight is 428 g/mol. The third kappa shape index (κ3) is 6.57. The van der Waals surface area contributed by atoms with Gasteiger partial charge in [-0.05, 0) is 24.1 Å². The van der Waals surface area contributed by atoms with E-state index in [1.807, 2.05) is 13.8 Å². The molecular formula is C20H27F3N4O3. The average Bonchev–Trinajstić information content (AvgIpc) is 3.14. The molecule has 0 saturated heterocycles. The Labute approximate surface area is 173 Å². The lowest BCUT2D eigenvalue weighted by atomic mass is 10.1. The molecule has 7 nitrogen and oxygen atoms in total. The van der Waals surface area contributed by atoms with Crippen LogP contribution in [0.5, 0.6) is 11.5 Å². The first-order valence-corrected chi connectivity index (χ1v) is 9.58. The van der Waals surface area contributed by atoms with Crippen LogP contribution in [-0.4, -0.2) is 38.1 Å². The van der Waals surface area contributed by atoms with Crippen molar-refractivity contribution in [3.05, 3.63) is 40.8 Å². The highest BCUT2D eigenvalue weighted by Gasteiger charge is 2.29. The van der Waals surface area contributed by atoms with Crippen LogP contribution < -0.4 is 20.1 Å². The van der Waals surface area contributed by atoms with E-state index >= 15 is 0 Å². The van der Waals surface area contributed by atoms with Gasteiger partial charge in [-0.15, -0.1) is 0 Å². The van der Waals surface area contributed by atoms with Gasteiger partial charge >= 0.3 is 6.18 Å². The largest absolute Gasteiger partial charge is 0.493 e. The molecule has 10 heteroatoms. The van der Waals surface area contributed by atoms with E-state index in [1.165, 1.54) is 13.2 Å². The van der Waals surface area contributed by atoms with E-state index in [0.29, 0.717) is 19.0 Å². The predicted octanol–water partition coefficient (Wildman–Crippen LogP) is 3.61. The van der Waals surface area contributed by atoms with Crippen LogP contribution in [0, 0.1) is 0 Å². The van der Waals surface area contributed by atoms with Crippen LogP contribution in [0.15, 0.2) is 27.7 Å². The highest BCUT2D eigenvalue weighted by molar-refractivity contribution is 5.79. The van der Waals surface area contributed by atoms with E-state index in [2.05, 4.69) is 20.8 Å². The minimum atomic E-state index is -4.41. The monoisotopic (exact) mass is 428 g/mol. The molecule has 0 saturated carbocycles. The van der Waals surface area contributed by atoms with E-state index in [1.54, 1.807) is 19.2 Å². The highest BCUT2D eigenvalue weighted by Crippen LogP contribution is 2.29. The minimum Gasteiger partial charge on any atom is -0.493 e. The van der Waals surface area contributed by atoms with Crippen molar-refractivity contribution in [3.8, 4) is 11.5 Å². The van der Waals surface area contributed by atoms with Crippen LogP contribution in [0.1, 0.15) is 36.4 Å². The summed E-state index contributed by atoms with van der Waals surface area (Å²) < 4.78 is 52.4. The van der Waals surface area contributed by atoms with Gasteiger partial charge in [-0.2, -0.15) is 13.2 Å². The molecule has 30 heavy (non-hydrogen) atoms. The quantitative estimate of drug-likeness (QED) is 0.469. The Hall–Kier alpha value is -2.91. The highest BCUT2D eigenvalue weighted by atomic mass is 19.4. The molecule has 2 rings (SSSR count).